The van der Waals surface area contributed by atoms with Crippen LogP contribution >= 0.6 is 0 Å². The van der Waals surface area contributed by atoms with E-state index in [2.05, 4.69) is 20.8 Å². The van der Waals surface area contributed by atoms with Crippen molar-refractivity contribution in [3.63, 3.8) is 0 Å². The zero-order valence-corrected chi connectivity index (χ0v) is 18.2. The summed E-state index contributed by atoms with van der Waals surface area (Å²) in [5, 5.41) is 10.2. The zero-order chi connectivity index (χ0) is 19.4. The molecule has 0 aromatic rings. The molecule has 0 saturated heterocycles. The van der Waals surface area contributed by atoms with Crippen molar-refractivity contribution in [1.82, 2.24) is 0 Å². The Balaban J connectivity index is 1.51. The third-order valence-electron chi connectivity index (χ3n) is 10.4. The number of ketones is 1. The number of aliphatic hydroxyl groups is 1. The molecule has 4 rings (SSSR count). The fraction of sp³-hybridized carbons (Fsp3) is 0.960. The largest absolute Gasteiger partial charge is 0.393 e. The van der Waals surface area contributed by atoms with Crippen LogP contribution in [0.5, 0.6) is 0 Å². The van der Waals surface area contributed by atoms with E-state index >= 15 is 0 Å². The van der Waals surface area contributed by atoms with Crippen LogP contribution in [-0.2, 0) is 4.79 Å². The van der Waals surface area contributed by atoms with Crippen LogP contribution in [0.2, 0.25) is 0 Å². The molecule has 154 valence electrons. The lowest BCUT2D eigenvalue weighted by Gasteiger charge is -2.61. The van der Waals surface area contributed by atoms with Crippen LogP contribution in [0.4, 0.5) is 0 Å². The first kappa shape index (κ1) is 19.9. The summed E-state index contributed by atoms with van der Waals surface area (Å²) in [6.45, 7) is 9.38. The van der Waals surface area contributed by atoms with Crippen LogP contribution in [-0.4, -0.2) is 17.0 Å². The maximum atomic E-state index is 11.5. The summed E-state index contributed by atoms with van der Waals surface area (Å²) < 4.78 is 0. The lowest BCUT2D eigenvalue weighted by atomic mass is 9.44. The van der Waals surface area contributed by atoms with Gasteiger partial charge in [0, 0.05) is 6.42 Å². The van der Waals surface area contributed by atoms with Crippen LogP contribution in [0.1, 0.15) is 98.3 Å². The fourth-order valence-corrected chi connectivity index (χ4v) is 8.84. The van der Waals surface area contributed by atoms with Crippen molar-refractivity contribution in [3.05, 3.63) is 0 Å². The van der Waals surface area contributed by atoms with E-state index in [9.17, 15) is 9.90 Å². The average Bonchev–Trinajstić information content (AvgIpc) is 2.97. The molecule has 2 nitrogen and oxygen atoms in total. The molecule has 0 heterocycles. The minimum Gasteiger partial charge on any atom is -0.393 e. The molecule has 4 fully saturated rings. The van der Waals surface area contributed by atoms with E-state index in [4.69, 9.17) is 0 Å². The normalized spacial score (nSPS) is 50.4. The summed E-state index contributed by atoms with van der Waals surface area (Å²) in [5.74, 6) is 5.36. The Morgan fingerprint density at radius 2 is 1.70 bits per heavy atom. The van der Waals surface area contributed by atoms with Gasteiger partial charge >= 0.3 is 0 Å². The Hall–Kier alpha value is -0.370. The standard InChI is InChI=1S/C25H42O2/c1-16(5-6-17(2)26)21-9-10-22-20-8-7-18-15-19(27)11-13-24(18,3)23(20)12-14-25(21,22)4/h16,18-23,27H,5-15H2,1-4H3. The van der Waals surface area contributed by atoms with Gasteiger partial charge in [-0.2, -0.15) is 0 Å². The van der Waals surface area contributed by atoms with E-state index in [0.29, 0.717) is 22.5 Å². The molecule has 9 unspecified atom stereocenters. The molecular formula is C25H42O2. The Morgan fingerprint density at radius 1 is 1.00 bits per heavy atom. The van der Waals surface area contributed by atoms with Gasteiger partial charge in [0.2, 0.25) is 0 Å². The van der Waals surface area contributed by atoms with Crippen molar-refractivity contribution < 1.29 is 9.90 Å². The minimum absolute atomic E-state index is 0.0357. The van der Waals surface area contributed by atoms with Crippen molar-refractivity contribution >= 4 is 5.78 Å². The lowest BCUT2D eigenvalue weighted by molar-refractivity contribution is -0.129. The van der Waals surface area contributed by atoms with Gasteiger partial charge < -0.3 is 9.90 Å². The van der Waals surface area contributed by atoms with E-state index < -0.39 is 0 Å². The average molecular weight is 375 g/mol. The van der Waals surface area contributed by atoms with Gasteiger partial charge in [0.05, 0.1) is 6.10 Å². The third kappa shape index (κ3) is 3.22. The van der Waals surface area contributed by atoms with E-state index in [1.165, 1.54) is 44.9 Å². The van der Waals surface area contributed by atoms with E-state index in [1.807, 2.05) is 0 Å². The molecule has 9 atom stereocenters. The highest BCUT2D eigenvalue weighted by molar-refractivity contribution is 5.75. The number of hydrogen-bond donors (Lipinski definition) is 1. The summed E-state index contributed by atoms with van der Waals surface area (Å²) in [4.78, 5) is 11.5. The van der Waals surface area contributed by atoms with Crippen molar-refractivity contribution in [2.45, 2.75) is 104 Å². The van der Waals surface area contributed by atoms with Gasteiger partial charge in [-0.3, -0.25) is 0 Å². The highest BCUT2D eigenvalue weighted by atomic mass is 16.3. The van der Waals surface area contributed by atoms with Gasteiger partial charge in [-0.05, 0) is 117 Å². The van der Waals surface area contributed by atoms with E-state index in [1.54, 1.807) is 6.92 Å². The smallest absolute Gasteiger partial charge is 0.129 e. The van der Waals surface area contributed by atoms with Gasteiger partial charge in [0.1, 0.15) is 5.78 Å². The highest BCUT2D eigenvalue weighted by Gasteiger charge is 2.60. The molecular weight excluding hydrogens is 332 g/mol. The topological polar surface area (TPSA) is 37.3 Å². The van der Waals surface area contributed by atoms with Crippen LogP contribution in [0.3, 0.4) is 0 Å². The Morgan fingerprint density at radius 3 is 2.44 bits per heavy atom. The van der Waals surface area contributed by atoms with Crippen LogP contribution < -0.4 is 0 Å². The lowest BCUT2D eigenvalue weighted by Crippen LogP contribution is -2.54. The quantitative estimate of drug-likeness (QED) is 0.654. The van der Waals surface area contributed by atoms with Crippen LogP contribution in [0.15, 0.2) is 0 Å². The second kappa shape index (κ2) is 7.15. The van der Waals surface area contributed by atoms with Gasteiger partial charge in [0.25, 0.3) is 0 Å². The van der Waals surface area contributed by atoms with E-state index in [-0.39, 0.29) is 6.10 Å². The molecule has 0 aromatic carbocycles. The number of Topliss-reactive ketones (excluding diaryl/α,β-unsaturated/α-hetero) is 1. The molecule has 0 aliphatic heterocycles. The summed E-state index contributed by atoms with van der Waals surface area (Å²) in [6, 6.07) is 0. The number of aliphatic hydroxyl groups excluding tert-OH is 1. The first-order valence-electron chi connectivity index (χ1n) is 11.9. The Kier molecular flexibility index (Phi) is 5.28. The molecule has 4 saturated carbocycles. The molecule has 0 spiro atoms. The summed E-state index contributed by atoms with van der Waals surface area (Å²) >= 11 is 0. The number of fused-ring (bicyclic) bond motifs is 5. The second-order valence-corrected chi connectivity index (χ2v) is 11.5. The predicted octanol–water partition coefficient (Wildman–Crippen LogP) is 6.01. The number of carbonyl (C=O) groups is 1. The first-order chi connectivity index (χ1) is 12.8. The predicted molar refractivity (Wildman–Crippen MR) is 110 cm³/mol. The molecule has 2 heteroatoms. The minimum atomic E-state index is -0.0357. The van der Waals surface area contributed by atoms with Crippen molar-refractivity contribution in [2.75, 3.05) is 0 Å². The Bertz CT molecular complexity index is 571. The molecule has 1 N–H and O–H groups in total. The van der Waals surface area contributed by atoms with Gasteiger partial charge in [-0.25, -0.2) is 0 Å². The molecule has 4 aliphatic rings. The maximum absolute atomic E-state index is 11.5. The van der Waals surface area contributed by atoms with Crippen LogP contribution in [0.25, 0.3) is 0 Å². The third-order valence-corrected chi connectivity index (χ3v) is 10.4. The number of hydrogen-bond acceptors (Lipinski definition) is 2. The maximum Gasteiger partial charge on any atom is 0.129 e. The molecule has 0 amide bonds. The van der Waals surface area contributed by atoms with Gasteiger partial charge in [0.15, 0.2) is 0 Å². The molecule has 0 radical (unpaired) electrons. The summed E-state index contributed by atoms with van der Waals surface area (Å²) in [7, 11) is 0. The van der Waals surface area contributed by atoms with Gasteiger partial charge in [-0.15, -0.1) is 0 Å². The molecule has 0 bridgehead atoms. The highest BCUT2D eigenvalue weighted by Crippen LogP contribution is 2.68. The molecule has 4 aliphatic carbocycles. The monoisotopic (exact) mass is 374 g/mol. The SMILES string of the molecule is CC(=O)CCC(C)C1CCC2C3CCC4CC(O)CCC4(C)C3CCC12C. The number of carbonyl (C=O) groups excluding carboxylic acids is 1. The van der Waals surface area contributed by atoms with E-state index in [0.717, 1.165) is 55.3 Å². The zero-order valence-electron chi connectivity index (χ0n) is 18.2. The Labute approximate surface area is 166 Å². The van der Waals surface area contributed by atoms with Crippen molar-refractivity contribution in [2.24, 2.45) is 46.3 Å². The summed E-state index contributed by atoms with van der Waals surface area (Å²) in [6.07, 6.45) is 13.6. The molecule has 0 aromatic heterocycles. The first-order valence-corrected chi connectivity index (χ1v) is 11.9. The summed E-state index contributed by atoms with van der Waals surface area (Å²) in [5.41, 5.74) is 0.997. The molecule has 27 heavy (non-hydrogen) atoms. The second-order valence-electron chi connectivity index (χ2n) is 11.5. The van der Waals surface area contributed by atoms with Gasteiger partial charge in [-0.1, -0.05) is 20.8 Å². The van der Waals surface area contributed by atoms with Crippen molar-refractivity contribution in [3.8, 4) is 0 Å². The van der Waals surface area contributed by atoms with Crippen LogP contribution in [0, 0.1) is 46.3 Å². The number of rotatable bonds is 4. The fourth-order valence-electron chi connectivity index (χ4n) is 8.84. The van der Waals surface area contributed by atoms with Crippen molar-refractivity contribution in [1.29, 1.82) is 0 Å².